The topological polar surface area (TPSA) is 53.1 Å². The lowest BCUT2D eigenvalue weighted by molar-refractivity contribution is 0.152. The van der Waals surface area contributed by atoms with E-state index in [1.807, 2.05) is 12.4 Å². The molecule has 1 aliphatic carbocycles. The van der Waals surface area contributed by atoms with Crippen LogP contribution in [0, 0.1) is 0 Å². The van der Waals surface area contributed by atoms with Crippen LogP contribution in [-0.4, -0.2) is 41.0 Å². The van der Waals surface area contributed by atoms with E-state index in [0.717, 1.165) is 38.3 Å². The third-order valence-corrected chi connectivity index (χ3v) is 5.50. The van der Waals surface area contributed by atoms with Gasteiger partial charge < -0.3 is 10.6 Å². The van der Waals surface area contributed by atoms with Gasteiger partial charge in [0.1, 0.15) is 0 Å². The summed E-state index contributed by atoms with van der Waals surface area (Å²) in [4.78, 5) is 11.5. The molecule has 3 aliphatic rings. The van der Waals surface area contributed by atoms with Crippen LogP contribution in [0.15, 0.2) is 30.6 Å². The van der Waals surface area contributed by atoms with Crippen LogP contribution in [0.4, 0.5) is 11.6 Å². The second kappa shape index (κ2) is 5.83. The molecule has 0 radical (unpaired) electrons. The summed E-state index contributed by atoms with van der Waals surface area (Å²) in [5, 5.41) is 6.88. The molecule has 1 unspecified atom stereocenters. The van der Waals surface area contributed by atoms with Crippen molar-refractivity contribution in [2.45, 2.75) is 31.2 Å². The Labute approximate surface area is 142 Å². The number of anilines is 2. The van der Waals surface area contributed by atoms with Gasteiger partial charge in [0, 0.05) is 50.3 Å². The van der Waals surface area contributed by atoms with Crippen molar-refractivity contribution in [3.05, 3.63) is 47.3 Å². The van der Waals surface area contributed by atoms with Crippen molar-refractivity contribution < 1.29 is 0 Å². The normalized spacial score (nSPS) is 23.4. The second-order valence-corrected chi connectivity index (χ2v) is 7.16. The Hall–Kier alpha value is -1.98. The summed E-state index contributed by atoms with van der Waals surface area (Å²) in [6.45, 7) is 4.49. The van der Waals surface area contributed by atoms with Gasteiger partial charge in [-0.15, -0.1) is 0 Å². The fraction of sp³-hybridized carbons (Fsp3) is 0.474. The van der Waals surface area contributed by atoms with E-state index >= 15 is 0 Å². The molecule has 24 heavy (non-hydrogen) atoms. The number of rotatable bonds is 3. The van der Waals surface area contributed by atoms with Crippen molar-refractivity contribution in [3.63, 3.8) is 0 Å². The summed E-state index contributed by atoms with van der Waals surface area (Å²) in [6.07, 6.45) is 7.64. The summed E-state index contributed by atoms with van der Waals surface area (Å²) in [5.41, 5.74) is 5.30. The van der Waals surface area contributed by atoms with E-state index in [-0.39, 0.29) is 0 Å². The van der Waals surface area contributed by atoms with Crippen molar-refractivity contribution in [1.29, 1.82) is 0 Å². The van der Waals surface area contributed by atoms with E-state index in [9.17, 15) is 0 Å². The fourth-order valence-electron chi connectivity index (χ4n) is 3.97. The molecule has 5 heteroatoms. The van der Waals surface area contributed by atoms with Crippen molar-refractivity contribution in [1.82, 2.24) is 20.2 Å². The molecule has 124 valence electrons. The lowest BCUT2D eigenvalue weighted by Crippen LogP contribution is -2.48. The molecule has 3 heterocycles. The first-order valence-electron chi connectivity index (χ1n) is 9.03. The van der Waals surface area contributed by atoms with Crippen LogP contribution in [0.25, 0.3) is 0 Å². The quantitative estimate of drug-likeness (QED) is 0.910. The molecule has 0 bridgehead atoms. The van der Waals surface area contributed by atoms with Gasteiger partial charge in [-0.3, -0.25) is 4.90 Å². The van der Waals surface area contributed by atoms with E-state index in [1.54, 1.807) is 0 Å². The van der Waals surface area contributed by atoms with Gasteiger partial charge in [0.2, 0.25) is 5.95 Å². The number of benzene rings is 1. The number of nitrogens with zero attached hydrogens (tertiary/aromatic N) is 3. The maximum absolute atomic E-state index is 4.47. The molecule has 2 fully saturated rings. The molecule has 2 aromatic rings. The van der Waals surface area contributed by atoms with Gasteiger partial charge in [0.25, 0.3) is 0 Å². The zero-order chi connectivity index (χ0) is 15.9. The van der Waals surface area contributed by atoms with Crippen molar-refractivity contribution in [3.8, 4) is 0 Å². The van der Waals surface area contributed by atoms with Crippen molar-refractivity contribution in [2.75, 3.05) is 31.5 Å². The molecule has 5 nitrogen and oxygen atoms in total. The van der Waals surface area contributed by atoms with Crippen LogP contribution in [0.3, 0.4) is 0 Å². The third kappa shape index (κ3) is 2.68. The van der Waals surface area contributed by atoms with E-state index in [4.69, 9.17) is 0 Å². The largest absolute Gasteiger partial charge is 0.324 e. The maximum Gasteiger partial charge on any atom is 0.227 e. The van der Waals surface area contributed by atoms with Gasteiger partial charge in [-0.05, 0) is 54.0 Å². The predicted octanol–water partition coefficient (Wildman–Crippen LogP) is 2.60. The maximum atomic E-state index is 4.47. The number of nitrogens with one attached hydrogen (secondary N) is 2. The highest BCUT2D eigenvalue weighted by atomic mass is 15.2. The Morgan fingerprint density at radius 3 is 2.83 bits per heavy atom. The average Bonchev–Trinajstić information content (AvgIpc) is 3.47. The number of fused-ring (bicyclic) bond motifs is 3. The van der Waals surface area contributed by atoms with Crippen LogP contribution >= 0.6 is 0 Å². The van der Waals surface area contributed by atoms with Gasteiger partial charge in [-0.25, -0.2) is 9.97 Å². The molecule has 0 spiro atoms. The average molecular weight is 321 g/mol. The van der Waals surface area contributed by atoms with Crippen LogP contribution < -0.4 is 10.6 Å². The minimum Gasteiger partial charge on any atom is -0.324 e. The lowest BCUT2D eigenvalue weighted by Gasteiger charge is -2.41. The third-order valence-electron chi connectivity index (χ3n) is 5.50. The lowest BCUT2D eigenvalue weighted by atomic mass is 9.91. The van der Waals surface area contributed by atoms with E-state index < -0.39 is 0 Å². The summed E-state index contributed by atoms with van der Waals surface area (Å²) in [7, 11) is 0. The van der Waals surface area contributed by atoms with Crippen LogP contribution in [0.1, 0.15) is 41.5 Å². The molecular weight excluding hydrogens is 298 g/mol. The van der Waals surface area contributed by atoms with E-state index in [0.29, 0.717) is 17.9 Å². The first-order chi connectivity index (χ1) is 11.9. The number of piperazine rings is 1. The number of aromatic nitrogens is 2. The van der Waals surface area contributed by atoms with E-state index in [1.165, 1.54) is 29.5 Å². The second-order valence-electron chi connectivity index (χ2n) is 7.16. The summed E-state index contributed by atoms with van der Waals surface area (Å²) >= 11 is 0. The summed E-state index contributed by atoms with van der Waals surface area (Å²) in [5.74, 6) is 1.39. The predicted molar refractivity (Wildman–Crippen MR) is 94.6 cm³/mol. The molecule has 2 aliphatic heterocycles. The Balaban J connectivity index is 1.35. The highest BCUT2D eigenvalue weighted by Crippen LogP contribution is 2.39. The van der Waals surface area contributed by atoms with Gasteiger partial charge in [-0.2, -0.15) is 0 Å². The Kier molecular flexibility index (Phi) is 3.49. The molecule has 1 saturated heterocycles. The molecular formula is C19H23N5. The minimum absolute atomic E-state index is 0.533. The van der Waals surface area contributed by atoms with Crippen LogP contribution in [0.2, 0.25) is 0 Å². The smallest absolute Gasteiger partial charge is 0.227 e. The molecule has 2 N–H and O–H groups in total. The molecule has 1 atom stereocenters. The number of hydrogen-bond donors (Lipinski definition) is 2. The first-order valence-corrected chi connectivity index (χ1v) is 9.03. The van der Waals surface area contributed by atoms with Crippen LogP contribution in [-0.2, 0) is 6.42 Å². The molecule has 5 rings (SSSR count). The summed E-state index contributed by atoms with van der Waals surface area (Å²) < 4.78 is 0. The van der Waals surface area contributed by atoms with Gasteiger partial charge in [0.15, 0.2) is 0 Å². The SMILES string of the molecule is c1cc2c(cc1Nc1ncc(C3CC3)cn1)CCN1CCNCC21. The van der Waals surface area contributed by atoms with Crippen molar-refractivity contribution in [2.24, 2.45) is 0 Å². The van der Waals surface area contributed by atoms with Crippen LogP contribution in [0.5, 0.6) is 0 Å². The Bertz CT molecular complexity index is 738. The Morgan fingerprint density at radius 2 is 2.00 bits per heavy atom. The standard InChI is InChI=1S/C19H23N5/c1-2-13(1)15-10-21-19(22-11-15)23-16-3-4-17-14(9-16)5-7-24-8-6-20-12-18(17)24/h3-4,9-11,13,18,20H,1-2,5-8,12H2,(H,21,22,23). The van der Waals surface area contributed by atoms with Gasteiger partial charge in [-0.1, -0.05) is 6.07 Å². The van der Waals surface area contributed by atoms with E-state index in [2.05, 4.69) is 43.7 Å². The number of hydrogen-bond acceptors (Lipinski definition) is 5. The molecule has 1 saturated carbocycles. The van der Waals surface area contributed by atoms with Gasteiger partial charge >= 0.3 is 0 Å². The minimum atomic E-state index is 0.533. The summed E-state index contributed by atoms with van der Waals surface area (Å²) in [6, 6.07) is 7.25. The monoisotopic (exact) mass is 321 g/mol. The highest BCUT2D eigenvalue weighted by Gasteiger charge is 2.29. The zero-order valence-corrected chi connectivity index (χ0v) is 13.8. The molecule has 1 aromatic carbocycles. The highest BCUT2D eigenvalue weighted by molar-refractivity contribution is 5.56. The zero-order valence-electron chi connectivity index (χ0n) is 13.8. The molecule has 1 aromatic heterocycles. The Morgan fingerprint density at radius 1 is 1.12 bits per heavy atom. The van der Waals surface area contributed by atoms with Gasteiger partial charge in [0.05, 0.1) is 0 Å². The fourth-order valence-corrected chi connectivity index (χ4v) is 3.97. The van der Waals surface area contributed by atoms with Crippen molar-refractivity contribution >= 4 is 11.6 Å². The first kappa shape index (κ1) is 14.4. The molecule has 0 amide bonds.